The van der Waals surface area contributed by atoms with Crippen LogP contribution >= 0.6 is 0 Å². The van der Waals surface area contributed by atoms with Crippen LogP contribution in [0.5, 0.6) is 0 Å². The molecule has 170 valence electrons. The molecular weight excluding hydrogens is 410 g/mol. The average molecular weight is 440 g/mol. The molecule has 0 spiro atoms. The summed E-state index contributed by atoms with van der Waals surface area (Å²) in [6.07, 6.45) is 3.13. The molecule has 1 aliphatic carbocycles. The van der Waals surface area contributed by atoms with Gasteiger partial charge in [-0.2, -0.15) is 0 Å². The first-order chi connectivity index (χ1) is 15.3. The van der Waals surface area contributed by atoms with Gasteiger partial charge >= 0.3 is 5.97 Å². The molecule has 1 unspecified atom stereocenters. The summed E-state index contributed by atoms with van der Waals surface area (Å²) in [7, 11) is 0. The highest BCUT2D eigenvalue weighted by atomic mass is 16.4. The van der Waals surface area contributed by atoms with Gasteiger partial charge in [-0.05, 0) is 50.8 Å². The summed E-state index contributed by atoms with van der Waals surface area (Å²) in [5, 5.41) is 8.84. The molecule has 1 amide bonds. The number of hydrogen-bond acceptors (Lipinski definition) is 5. The normalized spacial score (nSPS) is 14.0. The lowest BCUT2D eigenvalue weighted by molar-refractivity contribution is -0.142. The van der Waals surface area contributed by atoms with Gasteiger partial charge in [0, 0.05) is 42.0 Å². The molecule has 2 aromatic rings. The van der Waals surface area contributed by atoms with Gasteiger partial charge in [-0.25, -0.2) is 0 Å². The molecule has 1 atom stereocenters. The van der Waals surface area contributed by atoms with Crippen LogP contribution in [0.3, 0.4) is 0 Å². The predicted molar refractivity (Wildman–Crippen MR) is 120 cm³/mol. The zero-order chi connectivity index (χ0) is 23.3. The van der Waals surface area contributed by atoms with E-state index in [4.69, 9.17) is 10.8 Å². The van der Waals surface area contributed by atoms with Crippen molar-refractivity contribution in [2.75, 3.05) is 11.4 Å². The average Bonchev–Trinajstić information content (AvgIpc) is 3.10. The van der Waals surface area contributed by atoms with Crippen LogP contribution in [-0.4, -0.2) is 45.7 Å². The monoisotopic (exact) mass is 439 g/mol. The van der Waals surface area contributed by atoms with E-state index in [0.717, 1.165) is 35.5 Å². The summed E-state index contributed by atoms with van der Waals surface area (Å²) in [4.78, 5) is 49.9. The lowest BCUT2D eigenvalue weighted by Crippen LogP contribution is -2.38. The molecule has 0 saturated heterocycles. The minimum absolute atomic E-state index is 0.0522. The summed E-state index contributed by atoms with van der Waals surface area (Å²) < 4.78 is 1.93. The minimum Gasteiger partial charge on any atom is -0.480 e. The lowest BCUT2D eigenvalue weighted by Gasteiger charge is -2.25. The van der Waals surface area contributed by atoms with Crippen molar-refractivity contribution in [2.24, 2.45) is 5.73 Å². The Balaban J connectivity index is 1.70. The molecule has 1 heterocycles. The van der Waals surface area contributed by atoms with Crippen LogP contribution in [0.4, 0.5) is 5.69 Å². The Morgan fingerprint density at radius 2 is 1.88 bits per heavy atom. The van der Waals surface area contributed by atoms with E-state index >= 15 is 0 Å². The van der Waals surface area contributed by atoms with Crippen molar-refractivity contribution in [3.05, 3.63) is 53.3 Å². The zero-order valence-electron chi connectivity index (χ0n) is 18.3. The molecule has 0 bridgehead atoms. The number of para-hydroxylation sites is 1. The number of carboxylic acids is 1. The Kier molecular flexibility index (Phi) is 7.58. The number of hydrogen-bond donors (Lipinski definition) is 2. The molecule has 8 nitrogen and oxygen atoms in total. The quantitative estimate of drug-likeness (QED) is 0.433. The van der Waals surface area contributed by atoms with Crippen molar-refractivity contribution in [2.45, 2.75) is 58.0 Å². The number of ketones is 2. The third kappa shape index (κ3) is 5.31. The van der Waals surface area contributed by atoms with Crippen molar-refractivity contribution < 1.29 is 24.3 Å². The van der Waals surface area contributed by atoms with Gasteiger partial charge in [-0.1, -0.05) is 18.2 Å². The maximum atomic E-state index is 13.3. The number of Topliss-reactive ketones (excluding diaryl/α,β-unsaturated/α-hetero) is 2. The number of aliphatic carboxylic acids is 1. The number of nitrogens with two attached hydrogens (primary N) is 1. The lowest BCUT2D eigenvalue weighted by atomic mass is 9.97. The molecule has 3 N–H and O–H groups in total. The first-order valence-corrected chi connectivity index (χ1v) is 10.9. The maximum absolute atomic E-state index is 13.3. The Morgan fingerprint density at radius 3 is 2.56 bits per heavy atom. The van der Waals surface area contributed by atoms with E-state index in [2.05, 4.69) is 0 Å². The number of anilines is 1. The number of rotatable bonds is 10. The molecule has 32 heavy (non-hydrogen) atoms. The molecule has 8 heteroatoms. The summed E-state index contributed by atoms with van der Waals surface area (Å²) in [6.45, 7) is 2.43. The zero-order valence-corrected chi connectivity index (χ0v) is 18.3. The summed E-state index contributed by atoms with van der Waals surface area (Å²) in [5.41, 5.74) is 8.64. The van der Waals surface area contributed by atoms with Gasteiger partial charge in [-0.3, -0.25) is 19.2 Å². The second-order valence-corrected chi connectivity index (χ2v) is 8.13. The van der Waals surface area contributed by atoms with Crippen molar-refractivity contribution in [3.63, 3.8) is 0 Å². The number of amides is 1. The van der Waals surface area contributed by atoms with Crippen LogP contribution in [0.2, 0.25) is 0 Å². The first kappa shape index (κ1) is 23.4. The Labute approximate surface area is 187 Å². The van der Waals surface area contributed by atoms with E-state index < -0.39 is 17.8 Å². The number of nitrogens with zero attached hydrogens (tertiary/aromatic N) is 2. The fourth-order valence-electron chi connectivity index (χ4n) is 4.10. The molecule has 0 saturated carbocycles. The van der Waals surface area contributed by atoms with E-state index in [0.29, 0.717) is 25.8 Å². The van der Waals surface area contributed by atoms with E-state index in [9.17, 15) is 19.2 Å². The van der Waals surface area contributed by atoms with E-state index in [1.807, 2.05) is 47.9 Å². The molecule has 0 fully saturated rings. The second-order valence-electron chi connectivity index (χ2n) is 8.13. The number of aryl methyl sites for hydroxylation is 1. The summed E-state index contributed by atoms with van der Waals surface area (Å²) in [5.74, 6) is -1.83. The van der Waals surface area contributed by atoms with Gasteiger partial charge in [0.25, 0.3) is 0 Å². The Morgan fingerprint density at radius 1 is 1.16 bits per heavy atom. The van der Waals surface area contributed by atoms with Crippen molar-refractivity contribution in [1.29, 1.82) is 0 Å². The maximum Gasteiger partial charge on any atom is 0.328 e. The van der Waals surface area contributed by atoms with Gasteiger partial charge in [0.1, 0.15) is 6.54 Å². The third-order valence-electron chi connectivity index (χ3n) is 5.86. The van der Waals surface area contributed by atoms with Crippen LogP contribution in [0, 0.1) is 6.92 Å². The van der Waals surface area contributed by atoms with Gasteiger partial charge in [0.2, 0.25) is 5.91 Å². The number of benzene rings is 1. The number of unbranched alkanes of at least 4 members (excludes halogenated alkanes) is 1. The number of carbonyl (C=O) groups is 4. The largest absolute Gasteiger partial charge is 0.480 e. The van der Waals surface area contributed by atoms with Crippen molar-refractivity contribution in [1.82, 2.24) is 4.57 Å². The molecule has 1 aromatic heterocycles. The number of carbonyl (C=O) groups excluding carboxylic acids is 3. The minimum atomic E-state index is -1.51. The van der Waals surface area contributed by atoms with Crippen LogP contribution in [0.25, 0.3) is 0 Å². The predicted octanol–water partition coefficient (Wildman–Crippen LogP) is 2.50. The topological polar surface area (TPSA) is 123 Å². The van der Waals surface area contributed by atoms with Gasteiger partial charge < -0.3 is 20.3 Å². The number of carboxylic acid groups (broad SMARTS) is 1. The standard InChI is InChI=1S/C24H29N3O5/c1-16-14-18-19(10-7-12-20(18)28)27(16)15-22(30)26(17-8-3-2-4-9-17)13-6-5-11-21(29)23(25)24(31)32/h2-4,8-9,14,23H,5-7,10-13,15,25H2,1H3,(H,31,32). The molecule has 1 aromatic carbocycles. The van der Waals surface area contributed by atoms with Gasteiger partial charge in [-0.15, -0.1) is 0 Å². The SMILES string of the molecule is Cc1cc2c(n1CC(=O)N(CCCCC(=O)C(N)C(=O)O)c1ccccc1)CCCC2=O. The molecule has 0 aliphatic heterocycles. The summed E-state index contributed by atoms with van der Waals surface area (Å²) >= 11 is 0. The highest BCUT2D eigenvalue weighted by Gasteiger charge is 2.25. The first-order valence-electron chi connectivity index (χ1n) is 10.9. The van der Waals surface area contributed by atoms with E-state index in [1.165, 1.54) is 0 Å². The third-order valence-corrected chi connectivity index (χ3v) is 5.86. The van der Waals surface area contributed by atoms with Crippen LogP contribution in [0.1, 0.15) is 53.8 Å². The van der Waals surface area contributed by atoms with E-state index in [-0.39, 0.29) is 24.7 Å². The van der Waals surface area contributed by atoms with Gasteiger partial charge in [0.05, 0.1) is 0 Å². The van der Waals surface area contributed by atoms with Crippen LogP contribution < -0.4 is 10.6 Å². The highest BCUT2D eigenvalue weighted by molar-refractivity contribution is 6.02. The molecule has 3 rings (SSSR count). The van der Waals surface area contributed by atoms with Gasteiger partial charge in [0.15, 0.2) is 17.6 Å². The fraction of sp³-hybridized carbons (Fsp3) is 0.417. The molecule has 0 radical (unpaired) electrons. The fourth-order valence-corrected chi connectivity index (χ4v) is 4.10. The van der Waals surface area contributed by atoms with Crippen molar-refractivity contribution in [3.8, 4) is 0 Å². The van der Waals surface area contributed by atoms with Crippen LogP contribution in [0.15, 0.2) is 36.4 Å². The Hall–Kier alpha value is -3.26. The molecular formula is C24H29N3O5. The Bertz CT molecular complexity index is 1010. The number of aromatic nitrogens is 1. The number of fused-ring (bicyclic) bond motifs is 1. The smallest absolute Gasteiger partial charge is 0.328 e. The second kappa shape index (κ2) is 10.4. The van der Waals surface area contributed by atoms with Crippen LogP contribution in [-0.2, 0) is 27.3 Å². The highest BCUT2D eigenvalue weighted by Crippen LogP contribution is 2.25. The molecule has 1 aliphatic rings. The summed E-state index contributed by atoms with van der Waals surface area (Å²) in [6, 6.07) is 9.64. The van der Waals surface area contributed by atoms with E-state index in [1.54, 1.807) is 4.90 Å². The van der Waals surface area contributed by atoms with Crippen molar-refractivity contribution >= 4 is 29.1 Å².